The molecule has 2 nitrogen and oxygen atoms in total. The Morgan fingerprint density at radius 3 is 2.05 bits per heavy atom. The monoisotopic (exact) mass is 590 g/mol. The standard InChI is InChI=1S/C31H34F8O2/c1-2-3-19-4-6-20(7-5-19)22-10-14-25(26(32)16-22)21-8-11-23(12-9-21)31(38,39)40-24-13-15-28(27(33)17-24)41-30(36,37)18-29(34)35/h10,13-21,23H,2-9,11-12H2,1H3. The van der Waals surface area contributed by atoms with Crippen molar-refractivity contribution in [2.75, 3.05) is 0 Å². The van der Waals surface area contributed by atoms with Crippen LogP contribution in [-0.4, -0.2) is 12.2 Å². The Morgan fingerprint density at radius 2 is 1.46 bits per heavy atom. The van der Waals surface area contributed by atoms with Crippen molar-refractivity contribution in [2.24, 2.45) is 11.8 Å². The van der Waals surface area contributed by atoms with E-state index in [1.807, 2.05) is 6.07 Å². The van der Waals surface area contributed by atoms with Crippen LogP contribution in [0.3, 0.4) is 0 Å². The zero-order chi connectivity index (χ0) is 29.8. The Hall–Kier alpha value is -2.78. The van der Waals surface area contributed by atoms with Gasteiger partial charge in [-0.15, -0.1) is 0 Å². The van der Waals surface area contributed by atoms with Crippen LogP contribution in [-0.2, 0) is 0 Å². The van der Waals surface area contributed by atoms with Crippen LogP contribution in [0.15, 0.2) is 48.6 Å². The minimum atomic E-state index is -4.50. The van der Waals surface area contributed by atoms with Gasteiger partial charge in [0.25, 0.3) is 6.08 Å². The Bertz CT molecular complexity index is 1190. The molecule has 0 saturated heterocycles. The van der Waals surface area contributed by atoms with Crippen molar-refractivity contribution >= 4 is 0 Å². The molecule has 2 saturated carbocycles. The predicted molar refractivity (Wildman–Crippen MR) is 139 cm³/mol. The highest BCUT2D eigenvalue weighted by Gasteiger charge is 2.44. The fraction of sp³-hybridized carbons (Fsp3) is 0.548. The Kier molecular flexibility index (Phi) is 9.90. The van der Waals surface area contributed by atoms with E-state index in [1.54, 1.807) is 12.1 Å². The Balaban J connectivity index is 1.33. The molecule has 0 spiro atoms. The molecule has 0 aromatic heterocycles. The highest BCUT2D eigenvalue weighted by Crippen LogP contribution is 2.45. The van der Waals surface area contributed by atoms with Crippen molar-refractivity contribution in [1.29, 1.82) is 0 Å². The van der Waals surface area contributed by atoms with Gasteiger partial charge >= 0.3 is 12.2 Å². The lowest BCUT2D eigenvalue weighted by molar-refractivity contribution is -0.222. The van der Waals surface area contributed by atoms with Crippen LogP contribution in [0, 0.1) is 23.5 Å². The second kappa shape index (κ2) is 13.0. The summed E-state index contributed by atoms with van der Waals surface area (Å²) >= 11 is 0. The van der Waals surface area contributed by atoms with Gasteiger partial charge < -0.3 is 9.47 Å². The number of ether oxygens (including phenoxy) is 2. The molecule has 2 fully saturated rings. The molecule has 0 bridgehead atoms. The second-order valence-corrected chi connectivity index (χ2v) is 11.2. The molecule has 0 aliphatic heterocycles. The molecule has 0 radical (unpaired) electrons. The minimum Gasteiger partial charge on any atom is -0.432 e. The molecule has 41 heavy (non-hydrogen) atoms. The van der Waals surface area contributed by atoms with E-state index in [0.717, 1.165) is 43.2 Å². The smallest absolute Gasteiger partial charge is 0.425 e. The molecule has 0 unspecified atom stereocenters. The maximum absolute atomic E-state index is 15.1. The number of alkyl halides is 4. The van der Waals surface area contributed by atoms with E-state index in [0.29, 0.717) is 36.5 Å². The quantitative estimate of drug-likeness (QED) is 0.256. The van der Waals surface area contributed by atoms with Gasteiger partial charge in [-0.1, -0.05) is 31.9 Å². The SMILES string of the molecule is CCCC1CCC(c2ccc(C3CCC(C(F)(F)Oc4ccc(OC(F)(F)C=C(F)F)c(F)c4)CC3)c(F)c2)CC1. The lowest BCUT2D eigenvalue weighted by atomic mass is 9.75. The van der Waals surface area contributed by atoms with Crippen molar-refractivity contribution in [2.45, 2.75) is 95.2 Å². The number of rotatable bonds is 10. The third kappa shape index (κ3) is 8.16. The summed E-state index contributed by atoms with van der Waals surface area (Å²) in [7, 11) is 0. The van der Waals surface area contributed by atoms with Gasteiger partial charge in [-0.25, -0.2) is 8.78 Å². The maximum Gasteiger partial charge on any atom is 0.425 e. The highest BCUT2D eigenvalue weighted by atomic mass is 19.3. The molecular weight excluding hydrogens is 556 g/mol. The lowest BCUT2D eigenvalue weighted by Gasteiger charge is -2.34. The summed E-state index contributed by atoms with van der Waals surface area (Å²) in [5.41, 5.74) is 1.52. The summed E-state index contributed by atoms with van der Waals surface area (Å²) < 4.78 is 119. The van der Waals surface area contributed by atoms with Crippen LogP contribution in [0.5, 0.6) is 11.5 Å². The fourth-order valence-corrected chi connectivity index (χ4v) is 6.23. The van der Waals surface area contributed by atoms with Gasteiger partial charge in [0.05, 0.1) is 12.0 Å². The van der Waals surface area contributed by atoms with Crippen molar-refractivity contribution < 1.29 is 44.6 Å². The summed E-state index contributed by atoms with van der Waals surface area (Å²) in [5, 5.41) is 0. The summed E-state index contributed by atoms with van der Waals surface area (Å²) in [4.78, 5) is 0. The average molecular weight is 591 g/mol. The molecule has 2 aliphatic rings. The first kappa shape index (κ1) is 31.2. The molecule has 2 aliphatic carbocycles. The summed E-state index contributed by atoms with van der Waals surface area (Å²) in [6, 6.07) is 7.17. The third-order valence-electron chi connectivity index (χ3n) is 8.36. The maximum atomic E-state index is 15.1. The van der Waals surface area contributed by atoms with Gasteiger partial charge in [0.1, 0.15) is 11.6 Å². The van der Waals surface area contributed by atoms with Crippen LogP contribution >= 0.6 is 0 Å². The summed E-state index contributed by atoms with van der Waals surface area (Å²) in [6.45, 7) is 2.19. The van der Waals surface area contributed by atoms with E-state index < -0.39 is 47.6 Å². The zero-order valence-electron chi connectivity index (χ0n) is 22.8. The van der Waals surface area contributed by atoms with Gasteiger partial charge in [0.2, 0.25) is 0 Å². The molecule has 0 amide bonds. The first-order valence-electron chi connectivity index (χ1n) is 14.1. The van der Waals surface area contributed by atoms with Gasteiger partial charge in [-0.2, -0.15) is 26.3 Å². The van der Waals surface area contributed by atoms with E-state index in [1.165, 1.54) is 12.8 Å². The van der Waals surface area contributed by atoms with Gasteiger partial charge in [0.15, 0.2) is 11.6 Å². The molecular formula is C31H34F8O2. The molecule has 10 heteroatoms. The average Bonchev–Trinajstić information content (AvgIpc) is 2.90. The van der Waals surface area contributed by atoms with Crippen LogP contribution in [0.2, 0.25) is 0 Å². The molecule has 0 heterocycles. The van der Waals surface area contributed by atoms with Crippen LogP contribution in [0.1, 0.15) is 94.1 Å². The van der Waals surface area contributed by atoms with Crippen molar-refractivity contribution in [3.8, 4) is 11.5 Å². The van der Waals surface area contributed by atoms with Crippen LogP contribution in [0.25, 0.3) is 0 Å². The molecule has 226 valence electrons. The number of benzene rings is 2. The van der Waals surface area contributed by atoms with E-state index in [2.05, 4.69) is 11.7 Å². The number of halogens is 8. The van der Waals surface area contributed by atoms with Gasteiger partial charge in [-0.05, 0) is 98.4 Å². The van der Waals surface area contributed by atoms with Crippen molar-refractivity contribution in [3.05, 3.63) is 71.3 Å². The molecule has 4 rings (SSSR count). The summed E-state index contributed by atoms with van der Waals surface area (Å²) in [5.74, 6) is -3.88. The fourth-order valence-electron chi connectivity index (χ4n) is 6.23. The predicted octanol–water partition coefficient (Wildman–Crippen LogP) is 10.7. The molecule has 2 aromatic carbocycles. The molecule has 2 aromatic rings. The topological polar surface area (TPSA) is 18.5 Å². The zero-order valence-corrected chi connectivity index (χ0v) is 22.8. The summed E-state index contributed by atoms with van der Waals surface area (Å²) in [6.07, 6.45) is -4.22. The minimum absolute atomic E-state index is 0.0390. The van der Waals surface area contributed by atoms with Crippen molar-refractivity contribution in [3.63, 3.8) is 0 Å². The van der Waals surface area contributed by atoms with E-state index in [9.17, 15) is 30.7 Å². The van der Waals surface area contributed by atoms with Crippen molar-refractivity contribution in [1.82, 2.24) is 0 Å². The van der Waals surface area contributed by atoms with Crippen LogP contribution in [0.4, 0.5) is 35.1 Å². The normalized spacial score (nSPS) is 23.6. The Morgan fingerprint density at radius 1 is 0.805 bits per heavy atom. The first-order chi connectivity index (χ1) is 19.4. The first-order valence-corrected chi connectivity index (χ1v) is 14.1. The van der Waals surface area contributed by atoms with E-state index in [4.69, 9.17) is 4.74 Å². The van der Waals surface area contributed by atoms with Gasteiger partial charge in [0, 0.05) is 6.07 Å². The second-order valence-electron chi connectivity index (χ2n) is 11.2. The number of hydrogen-bond donors (Lipinski definition) is 0. The van der Waals surface area contributed by atoms with Crippen LogP contribution < -0.4 is 9.47 Å². The lowest BCUT2D eigenvalue weighted by Crippen LogP contribution is -2.37. The number of hydrogen-bond acceptors (Lipinski definition) is 2. The largest absolute Gasteiger partial charge is 0.432 e. The van der Waals surface area contributed by atoms with Gasteiger partial charge in [-0.3, -0.25) is 0 Å². The molecule has 0 N–H and O–H groups in total. The third-order valence-corrected chi connectivity index (χ3v) is 8.36. The molecule has 0 atom stereocenters. The van der Waals surface area contributed by atoms with E-state index >= 15 is 4.39 Å². The van der Waals surface area contributed by atoms with E-state index in [-0.39, 0.29) is 24.6 Å². The Labute approximate surface area is 234 Å². The highest BCUT2D eigenvalue weighted by molar-refractivity contribution is 5.34.